The van der Waals surface area contributed by atoms with Gasteiger partial charge in [-0.15, -0.1) is 0 Å². The Balaban J connectivity index is -0.00000882. The van der Waals surface area contributed by atoms with Gasteiger partial charge in [0, 0.05) is 0 Å². The maximum absolute atomic E-state index is 6.79. The van der Waals surface area contributed by atoms with E-state index in [1.807, 2.05) is 52.4 Å². The van der Waals surface area contributed by atoms with Gasteiger partial charge in [0.2, 0.25) is 0 Å². The quantitative estimate of drug-likeness (QED) is 0.120. The average Bonchev–Trinajstić information content (AvgIpc) is 2.58. The van der Waals surface area contributed by atoms with E-state index >= 15 is 0 Å². The second-order valence-electron chi connectivity index (χ2n) is 14.1. The highest BCUT2D eigenvalue weighted by Crippen LogP contribution is 2.30. The fourth-order valence-electron chi connectivity index (χ4n) is 4.50. The maximum atomic E-state index is 6.79. The second-order valence-corrected chi connectivity index (χ2v) is 49.6. The predicted molar refractivity (Wildman–Crippen MR) is 220 cm³/mol. The molecule has 0 amide bonds. The lowest BCUT2D eigenvalue weighted by Crippen LogP contribution is -2.65. The van der Waals surface area contributed by atoms with Crippen molar-refractivity contribution in [2.45, 2.75) is 146 Å². The van der Waals surface area contributed by atoms with Crippen LogP contribution < -0.4 is 0 Å². The number of hydrogen-bond acceptors (Lipinski definition) is 11. The summed E-state index contributed by atoms with van der Waals surface area (Å²) in [5, 5.41) is 0. The molecular weight excluding hydrogens is 777 g/mol. The first-order valence-electron chi connectivity index (χ1n) is 15.6. The molecule has 0 N–H and O–H groups in total. The van der Waals surface area contributed by atoms with E-state index in [1.54, 1.807) is 0 Å². The molecule has 0 aliphatic heterocycles. The average molecular weight is 852 g/mol. The molecule has 23 heteroatoms. The maximum Gasteiger partial charge on any atom is 0.637 e. The minimum Gasteiger partial charge on any atom is -0.416 e. The smallest absolute Gasteiger partial charge is 0.416 e. The van der Waals surface area contributed by atoms with Crippen LogP contribution in [0.3, 0.4) is 0 Å². The third-order valence-electron chi connectivity index (χ3n) is 4.50. The highest BCUT2D eigenvalue weighted by Gasteiger charge is 2.56. The summed E-state index contributed by atoms with van der Waals surface area (Å²) in [7, 11) is -27.1. The molecule has 0 saturated heterocycles. The van der Waals surface area contributed by atoms with E-state index in [0.717, 1.165) is 0 Å². The Morgan fingerprint density at radius 2 is 0.400 bits per heavy atom. The molecule has 0 rings (SSSR count). The van der Waals surface area contributed by atoms with Gasteiger partial charge in [-0.25, -0.2) is 0 Å². The Kier molecular flexibility index (Phi) is 23.9. The van der Waals surface area contributed by atoms with Crippen LogP contribution in [-0.4, -0.2) is 107 Å². The molecule has 0 aliphatic rings. The molecule has 0 aromatic heterocycles. The van der Waals surface area contributed by atoms with Crippen molar-refractivity contribution in [3.05, 3.63) is 0 Å². The molecule has 276 valence electrons. The van der Waals surface area contributed by atoms with E-state index in [-0.39, 0.29) is 14.9 Å². The molecule has 0 aromatic rings. The van der Waals surface area contributed by atoms with Crippen LogP contribution in [0.4, 0.5) is 0 Å². The van der Waals surface area contributed by atoms with Crippen molar-refractivity contribution >= 4 is 107 Å². The first kappa shape index (κ1) is 51.5. The Morgan fingerprint density at radius 3 is 0.533 bits per heavy atom. The van der Waals surface area contributed by atoms with Crippen molar-refractivity contribution in [2.75, 3.05) is 0 Å². The van der Waals surface area contributed by atoms with Gasteiger partial charge in [-0.1, -0.05) is 14.9 Å². The van der Waals surface area contributed by atoms with Crippen LogP contribution in [0.15, 0.2) is 0 Å². The van der Waals surface area contributed by atoms with E-state index in [0.29, 0.717) is 0 Å². The lowest BCUT2D eigenvalue weighted by molar-refractivity contribution is 0.141. The fraction of sp³-hybridized carbons (Fsp3) is 1.00. The van der Waals surface area contributed by atoms with Crippen molar-refractivity contribution < 1.29 is 45.3 Å². The van der Waals surface area contributed by atoms with Crippen molar-refractivity contribution in [3.63, 3.8) is 0 Å². The molecule has 11 nitrogen and oxygen atoms in total. The van der Waals surface area contributed by atoms with Crippen molar-refractivity contribution in [1.82, 2.24) is 0 Å². The summed E-state index contributed by atoms with van der Waals surface area (Å²) in [6.07, 6.45) is 0. The van der Waals surface area contributed by atoms with E-state index in [2.05, 4.69) is 78.6 Å². The lowest BCUT2D eigenvalue weighted by Gasteiger charge is -2.44. The van der Waals surface area contributed by atoms with E-state index < -0.39 is 107 Å². The van der Waals surface area contributed by atoms with Crippen LogP contribution in [0, 0.1) is 0 Å². The Bertz CT molecular complexity index is 702. The largest absolute Gasteiger partial charge is 0.637 e. The molecule has 0 fully saturated rings. The monoisotopic (exact) mass is 850 g/mol. The Morgan fingerprint density at radius 1 is 0.267 bits per heavy atom. The van der Waals surface area contributed by atoms with Gasteiger partial charge in [-0.2, -0.15) is 0 Å². The van der Waals surface area contributed by atoms with Crippen LogP contribution in [0.5, 0.6) is 0 Å². The normalized spacial score (nSPS) is 14.3. The van der Waals surface area contributed by atoms with Gasteiger partial charge >= 0.3 is 52.3 Å². The van der Waals surface area contributed by atoms with Crippen LogP contribution in [0.25, 0.3) is 0 Å². The first-order chi connectivity index (χ1) is 19.0. The summed E-state index contributed by atoms with van der Waals surface area (Å²) < 4.78 is 72.7. The Hall–Kier alpha value is 2.16. The number of rotatable bonds is 22. The minimum absolute atomic E-state index is 0. The molecular formula is C22H74O11Si12. The molecule has 45 heavy (non-hydrogen) atoms. The molecule has 0 bridgehead atoms. The van der Waals surface area contributed by atoms with Crippen LogP contribution in [0.1, 0.15) is 14.9 Å². The van der Waals surface area contributed by atoms with Crippen LogP contribution >= 0.6 is 0 Å². The van der Waals surface area contributed by atoms with Crippen molar-refractivity contribution in [2.24, 2.45) is 0 Å². The lowest BCUT2D eigenvalue weighted by atomic mass is 11.9. The second kappa shape index (κ2) is 20.9. The standard InChI is InChI=1S/C20H66O11Si12.2CH4/c1-32(2)21-42(22-33(3)4,23-34(5)6)30-40(17,18)28-38(13,14)27-39(15,16)29-41(19,20)31-43(24-35(7)8,25-36(9)10)26-37(11)12;;/h32-37H,1-20H3;2*1H4. The fourth-order valence-corrected chi connectivity index (χ4v) is 47.6. The first-order valence-corrected chi connectivity index (χ1v) is 46.8. The molecule has 0 atom stereocenters. The highest BCUT2D eigenvalue weighted by atomic mass is 28.6. The predicted octanol–water partition coefficient (Wildman–Crippen LogP) is 6.02. The summed E-state index contributed by atoms with van der Waals surface area (Å²) in [5.74, 6) is 0. The van der Waals surface area contributed by atoms with Gasteiger partial charge in [0.1, 0.15) is 0 Å². The molecule has 0 saturated carbocycles. The van der Waals surface area contributed by atoms with Gasteiger partial charge in [-0.05, 0) is 131 Å². The topological polar surface area (TPSA) is 102 Å². The third-order valence-corrected chi connectivity index (χ3v) is 40.5. The van der Waals surface area contributed by atoms with E-state index in [1.165, 1.54) is 0 Å². The molecule has 0 radical (unpaired) electrons. The van der Waals surface area contributed by atoms with Crippen molar-refractivity contribution in [3.8, 4) is 0 Å². The van der Waals surface area contributed by atoms with Gasteiger partial charge in [0.15, 0.2) is 54.2 Å². The van der Waals surface area contributed by atoms with Crippen LogP contribution in [-0.2, 0) is 45.3 Å². The molecule has 0 aromatic carbocycles. The molecule has 0 heterocycles. The van der Waals surface area contributed by atoms with Gasteiger partial charge < -0.3 is 45.3 Å². The summed E-state index contributed by atoms with van der Waals surface area (Å²) in [5.41, 5.74) is 0. The zero-order chi connectivity index (χ0) is 34.2. The molecule has 0 spiro atoms. The summed E-state index contributed by atoms with van der Waals surface area (Å²) in [6, 6.07) is 0. The molecule has 0 aliphatic carbocycles. The van der Waals surface area contributed by atoms with Gasteiger partial charge in [-0.3, -0.25) is 0 Å². The summed E-state index contributed by atoms with van der Waals surface area (Å²) >= 11 is 0. The Labute approximate surface area is 296 Å². The van der Waals surface area contributed by atoms with Gasteiger partial charge in [0.25, 0.3) is 0 Å². The summed E-state index contributed by atoms with van der Waals surface area (Å²) in [4.78, 5) is 0. The third kappa shape index (κ3) is 23.3. The molecule has 0 unspecified atom stereocenters. The van der Waals surface area contributed by atoms with Crippen LogP contribution in [0.2, 0.25) is 131 Å². The SMILES string of the molecule is C.C.C[SiH](C)O[Si](O[SiH](C)C)(O[SiH](C)C)O[Si](C)(C)O[Si](C)(C)O[Si](C)(C)O[Si](C)(C)O[Si](O[SiH](C)C)(O[SiH](C)C)O[SiH](C)C. The van der Waals surface area contributed by atoms with E-state index in [4.69, 9.17) is 45.3 Å². The highest BCUT2D eigenvalue weighted by molar-refractivity contribution is 6.91. The van der Waals surface area contributed by atoms with Crippen molar-refractivity contribution in [1.29, 1.82) is 0 Å². The van der Waals surface area contributed by atoms with Gasteiger partial charge in [0.05, 0.1) is 0 Å². The summed E-state index contributed by atoms with van der Waals surface area (Å²) in [6.45, 7) is 41.7. The zero-order valence-corrected chi connectivity index (χ0v) is 43.9. The minimum atomic E-state index is -3.36. The zero-order valence-electron chi connectivity index (χ0n) is 31.0. The van der Waals surface area contributed by atoms with E-state index in [9.17, 15) is 0 Å². The number of hydrogen-bond donors (Lipinski definition) is 0.